The molecule has 0 saturated carbocycles. The summed E-state index contributed by atoms with van der Waals surface area (Å²) in [5.41, 5.74) is 10.8. The Morgan fingerprint density at radius 3 is 2.58 bits per heavy atom. The molecule has 0 fully saturated rings. The molecular weight excluding hydrogens is 300 g/mol. The zero-order valence-corrected chi connectivity index (χ0v) is 12.9. The van der Waals surface area contributed by atoms with E-state index in [0.717, 1.165) is 11.0 Å². The van der Waals surface area contributed by atoms with Crippen LogP contribution in [0.2, 0.25) is 0 Å². The molecule has 100 valence electrons. The van der Waals surface area contributed by atoms with Crippen LogP contribution in [0.1, 0.15) is 16.7 Å². The van der Waals surface area contributed by atoms with Gasteiger partial charge in [0.1, 0.15) is 0 Å². The second-order valence-electron chi connectivity index (χ2n) is 4.77. The Balaban J connectivity index is 2.27. The van der Waals surface area contributed by atoms with Crippen LogP contribution in [0.5, 0.6) is 0 Å². The summed E-state index contributed by atoms with van der Waals surface area (Å²) in [4.78, 5) is 2.26. The normalized spacial score (nSPS) is 10.5. The van der Waals surface area contributed by atoms with Gasteiger partial charge in [-0.15, -0.1) is 0 Å². The molecule has 0 unspecified atom stereocenters. The zero-order chi connectivity index (χ0) is 13.8. The summed E-state index contributed by atoms with van der Waals surface area (Å²) in [6.07, 6.45) is 0. The molecule has 0 aliphatic carbocycles. The van der Waals surface area contributed by atoms with Crippen molar-refractivity contribution in [3.63, 3.8) is 0 Å². The van der Waals surface area contributed by atoms with Crippen molar-refractivity contribution >= 4 is 21.6 Å². The molecule has 2 aromatic carbocycles. The van der Waals surface area contributed by atoms with Gasteiger partial charge in [-0.3, -0.25) is 0 Å². The van der Waals surface area contributed by atoms with Crippen molar-refractivity contribution in [2.45, 2.75) is 20.0 Å². The van der Waals surface area contributed by atoms with Gasteiger partial charge in [-0.1, -0.05) is 46.3 Å². The van der Waals surface area contributed by atoms with Gasteiger partial charge in [0.15, 0.2) is 0 Å². The maximum absolute atomic E-state index is 5.84. The monoisotopic (exact) mass is 318 g/mol. The van der Waals surface area contributed by atoms with Gasteiger partial charge in [0.05, 0.1) is 0 Å². The summed E-state index contributed by atoms with van der Waals surface area (Å²) >= 11 is 3.51. The van der Waals surface area contributed by atoms with E-state index in [1.54, 1.807) is 0 Å². The highest BCUT2D eigenvalue weighted by Gasteiger charge is 2.10. The van der Waals surface area contributed by atoms with Crippen LogP contribution in [0.15, 0.2) is 46.9 Å². The third-order valence-electron chi connectivity index (χ3n) is 3.23. The van der Waals surface area contributed by atoms with E-state index in [1.807, 2.05) is 6.07 Å². The summed E-state index contributed by atoms with van der Waals surface area (Å²) in [6, 6.07) is 14.7. The van der Waals surface area contributed by atoms with Crippen LogP contribution in [-0.4, -0.2) is 7.05 Å². The number of hydrogen-bond acceptors (Lipinski definition) is 2. The lowest BCUT2D eigenvalue weighted by Crippen LogP contribution is -2.20. The molecule has 0 saturated heterocycles. The minimum absolute atomic E-state index is 0.569. The molecule has 0 aliphatic heterocycles. The first-order chi connectivity index (χ1) is 9.11. The fourth-order valence-electron chi connectivity index (χ4n) is 2.42. The van der Waals surface area contributed by atoms with Crippen LogP contribution < -0.4 is 10.6 Å². The first-order valence-corrected chi connectivity index (χ1v) is 7.15. The largest absolute Gasteiger partial charge is 0.370 e. The molecule has 0 aromatic heterocycles. The second-order valence-corrected chi connectivity index (χ2v) is 5.69. The number of hydrogen-bond donors (Lipinski definition) is 1. The molecule has 0 radical (unpaired) electrons. The Kier molecular flexibility index (Phi) is 4.61. The number of aryl methyl sites for hydroxylation is 1. The number of halogens is 1. The number of nitrogens with zero attached hydrogens (tertiary/aromatic N) is 1. The molecule has 0 aliphatic rings. The van der Waals surface area contributed by atoms with E-state index in [2.05, 4.69) is 71.2 Å². The highest BCUT2D eigenvalue weighted by molar-refractivity contribution is 9.10. The molecule has 2 rings (SSSR count). The van der Waals surface area contributed by atoms with E-state index in [4.69, 9.17) is 5.73 Å². The average molecular weight is 319 g/mol. The first-order valence-electron chi connectivity index (χ1n) is 6.36. The number of nitrogens with two attached hydrogens (primary N) is 1. The van der Waals surface area contributed by atoms with Crippen LogP contribution >= 0.6 is 15.9 Å². The lowest BCUT2D eigenvalue weighted by atomic mass is 10.1. The molecule has 2 N–H and O–H groups in total. The summed E-state index contributed by atoms with van der Waals surface area (Å²) in [6.45, 7) is 3.57. The van der Waals surface area contributed by atoms with Gasteiger partial charge in [0.25, 0.3) is 0 Å². The molecule has 3 heteroatoms. The van der Waals surface area contributed by atoms with Crippen LogP contribution in [0.3, 0.4) is 0 Å². The van der Waals surface area contributed by atoms with E-state index in [1.165, 1.54) is 22.4 Å². The van der Waals surface area contributed by atoms with Crippen molar-refractivity contribution in [2.75, 3.05) is 11.9 Å². The Morgan fingerprint density at radius 1 is 1.16 bits per heavy atom. The molecular formula is C16H19BrN2. The molecule has 0 heterocycles. The zero-order valence-electron chi connectivity index (χ0n) is 11.4. The maximum Gasteiger partial charge on any atom is 0.0441 e. The fourth-order valence-corrected chi connectivity index (χ4v) is 2.87. The Morgan fingerprint density at radius 2 is 1.89 bits per heavy atom. The van der Waals surface area contributed by atoms with Gasteiger partial charge in [-0.05, 0) is 35.7 Å². The molecule has 0 spiro atoms. The SMILES string of the molecule is Cc1cccc(CN)c1N(C)Cc1cccc(Br)c1. The fraction of sp³-hybridized carbons (Fsp3) is 0.250. The molecule has 2 nitrogen and oxygen atoms in total. The number of para-hydroxylation sites is 1. The smallest absolute Gasteiger partial charge is 0.0441 e. The van der Waals surface area contributed by atoms with Crippen molar-refractivity contribution in [1.82, 2.24) is 0 Å². The summed E-state index contributed by atoms with van der Waals surface area (Å²) < 4.78 is 1.11. The number of benzene rings is 2. The maximum atomic E-state index is 5.84. The highest BCUT2D eigenvalue weighted by Crippen LogP contribution is 2.25. The lowest BCUT2D eigenvalue weighted by Gasteiger charge is -2.24. The number of rotatable bonds is 4. The van der Waals surface area contributed by atoms with Crippen molar-refractivity contribution < 1.29 is 0 Å². The van der Waals surface area contributed by atoms with Crippen molar-refractivity contribution in [1.29, 1.82) is 0 Å². The summed E-state index contributed by atoms with van der Waals surface area (Å²) in [5.74, 6) is 0. The summed E-state index contributed by atoms with van der Waals surface area (Å²) in [5, 5.41) is 0. The Hall–Kier alpha value is -1.32. The molecule has 2 aromatic rings. The van der Waals surface area contributed by atoms with E-state index in [-0.39, 0.29) is 0 Å². The quantitative estimate of drug-likeness (QED) is 0.927. The molecule has 0 amide bonds. The minimum atomic E-state index is 0.569. The predicted octanol–water partition coefficient (Wildman–Crippen LogP) is 3.85. The molecule has 0 bridgehead atoms. The Bertz CT molecular complexity index is 566. The topological polar surface area (TPSA) is 29.3 Å². The van der Waals surface area contributed by atoms with E-state index in [0.29, 0.717) is 6.54 Å². The predicted molar refractivity (Wildman–Crippen MR) is 85.3 cm³/mol. The van der Waals surface area contributed by atoms with E-state index >= 15 is 0 Å². The van der Waals surface area contributed by atoms with Gasteiger partial charge >= 0.3 is 0 Å². The Labute approximate surface area is 123 Å². The third-order valence-corrected chi connectivity index (χ3v) is 3.72. The van der Waals surface area contributed by atoms with Gasteiger partial charge in [-0.25, -0.2) is 0 Å². The number of anilines is 1. The van der Waals surface area contributed by atoms with Gasteiger partial charge in [-0.2, -0.15) is 0 Å². The molecule has 0 atom stereocenters. The van der Waals surface area contributed by atoms with E-state index in [9.17, 15) is 0 Å². The first kappa shape index (κ1) is 14.1. The van der Waals surface area contributed by atoms with Crippen molar-refractivity contribution in [3.05, 3.63) is 63.6 Å². The van der Waals surface area contributed by atoms with Crippen LogP contribution in [0.4, 0.5) is 5.69 Å². The van der Waals surface area contributed by atoms with Crippen molar-refractivity contribution in [3.8, 4) is 0 Å². The lowest BCUT2D eigenvalue weighted by molar-refractivity contribution is 0.897. The second kappa shape index (κ2) is 6.22. The standard InChI is InChI=1S/C16H19BrN2/c1-12-5-3-7-14(10-18)16(12)19(2)11-13-6-4-8-15(17)9-13/h3-9H,10-11,18H2,1-2H3. The van der Waals surface area contributed by atoms with Gasteiger partial charge in [0.2, 0.25) is 0 Å². The van der Waals surface area contributed by atoms with Crippen LogP contribution in [0.25, 0.3) is 0 Å². The minimum Gasteiger partial charge on any atom is -0.370 e. The molecule has 19 heavy (non-hydrogen) atoms. The van der Waals surface area contributed by atoms with E-state index < -0.39 is 0 Å². The van der Waals surface area contributed by atoms with Crippen LogP contribution in [0, 0.1) is 6.92 Å². The van der Waals surface area contributed by atoms with Crippen LogP contribution in [-0.2, 0) is 13.1 Å². The van der Waals surface area contributed by atoms with Gasteiger partial charge in [0, 0.05) is 30.3 Å². The summed E-state index contributed by atoms with van der Waals surface area (Å²) in [7, 11) is 2.11. The average Bonchev–Trinajstić information content (AvgIpc) is 2.38. The van der Waals surface area contributed by atoms with Gasteiger partial charge < -0.3 is 10.6 Å². The van der Waals surface area contributed by atoms with Crippen molar-refractivity contribution in [2.24, 2.45) is 5.73 Å². The third kappa shape index (κ3) is 3.37. The highest BCUT2D eigenvalue weighted by atomic mass is 79.9.